The summed E-state index contributed by atoms with van der Waals surface area (Å²) in [5.41, 5.74) is -0.0578. The maximum atomic E-state index is 13.4. The van der Waals surface area contributed by atoms with E-state index in [-0.39, 0.29) is 22.6 Å². The summed E-state index contributed by atoms with van der Waals surface area (Å²) in [6, 6.07) is 1.99. The normalized spacial score (nSPS) is 10.2. The first-order valence-corrected chi connectivity index (χ1v) is 5.98. The van der Waals surface area contributed by atoms with E-state index in [1.54, 1.807) is 0 Å². The molecule has 18 heavy (non-hydrogen) atoms. The fraction of sp³-hybridized carbons (Fsp3) is 0.364. The van der Waals surface area contributed by atoms with Gasteiger partial charge in [0.15, 0.2) is 0 Å². The van der Waals surface area contributed by atoms with Crippen LogP contribution in [0.5, 0.6) is 0 Å². The highest BCUT2D eigenvalue weighted by atomic mass is 79.9. The Morgan fingerprint density at radius 2 is 2.11 bits per heavy atom. The monoisotopic (exact) mass is 322 g/mol. The molecule has 100 valence electrons. The van der Waals surface area contributed by atoms with Crippen LogP contribution < -0.4 is 10.6 Å². The number of benzene rings is 1. The molecule has 0 saturated carbocycles. The molecule has 0 heterocycles. The van der Waals surface area contributed by atoms with Crippen LogP contribution in [0.1, 0.15) is 0 Å². The number of amides is 1. The summed E-state index contributed by atoms with van der Waals surface area (Å²) < 4.78 is 31.3. The smallest absolute Gasteiger partial charge is 0.239 e. The van der Waals surface area contributed by atoms with Crippen LogP contribution in [0, 0.1) is 11.6 Å². The number of carbonyl (C=O) groups excluding carboxylic acids is 1. The highest BCUT2D eigenvalue weighted by Gasteiger charge is 2.09. The van der Waals surface area contributed by atoms with Crippen molar-refractivity contribution in [1.29, 1.82) is 0 Å². The zero-order valence-corrected chi connectivity index (χ0v) is 11.3. The predicted molar refractivity (Wildman–Crippen MR) is 67.4 cm³/mol. The van der Waals surface area contributed by atoms with Crippen molar-refractivity contribution in [3.05, 3.63) is 28.2 Å². The van der Waals surface area contributed by atoms with Crippen LogP contribution in [-0.4, -0.2) is 32.7 Å². The van der Waals surface area contributed by atoms with Crippen molar-refractivity contribution in [3.8, 4) is 0 Å². The third-order valence-electron chi connectivity index (χ3n) is 2.08. The fourth-order valence-corrected chi connectivity index (χ4v) is 1.50. The van der Waals surface area contributed by atoms with Crippen LogP contribution in [0.3, 0.4) is 0 Å². The molecule has 0 aliphatic carbocycles. The molecule has 1 aromatic rings. The Labute approximate surface area is 112 Å². The number of hydrogen-bond acceptors (Lipinski definition) is 3. The topological polar surface area (TPSA) is 50.4 Å². The van der Waals surface area contributed by atoms with Gasteiger partial charge in [-0.05, 0) is 22.0 Å². The second-order valence-electron chi connectivity index (χ2n) is 3.44. The lowest BCUT2D eigenvalue weighted by atomic mass is 10.3. The lowest BCUT2D eigenvalue weighted by Crippen LogP contribution is -2.32. The molecule has 0 saturated heterocycles. The van der Waals surface area contributed by atoms with Crippen molar-refractivity contribution < 1.29 is 18.3 Å². The molecule has 1 aromatic carbocycles. The predicted octanol–water partition coefficient (Wildman–Crippen LogP) is 1.90. The molecular formula is C11H13BrF2N2O2. The van der Waals surface area contributed by atoms with Crippen molar-refractivity contribution in [1.82, 2.24) is 5.32 Å². The van der Waals surface area contributed by atoms with Crippen LogP contribution in [0.4, 0.5) is 14.5 Å². The zero-order chi connectivity index (χ0) is 13.5. The van der Waals surface area contributed by atoms with E-state index in [0.717, 1.165) is 12.1 Å². The standard InChI is InChI=1S/C11H13BrF2N2O2/c1-18-3-2-15-11(17)6-16-10-5-8(13)7(12)4-9(10)14/h4-5,16H,2-3,6H2,1H3,(H,15,17). The summed E-state index contributed by atoms with van der Waals surface area (Å²) in [5, 5.41) is 5.07. The average Bonchev–Trinajstić information content (AvgIpc) is 2.32. The largest absolute Gasteiger partial charge is 0.383 e. The quantitative estimate of drug-likeness (QED) is 0.621. The lowest BCUT2D eigenvalue weighted by Gasteiger charge is -2.09. The minimum absolute atomic E-state index is 0.0371. The maximum Gasteiger partial charge on any atom is 0.239 e. The Morgan fingerprint density at radius 1 is 1.39 bits per heavy atom. The summed E-state index contributed by atoms with van der Waals surface area (Å²) in [5.74, 6) is -1.55. The van der Waals surface area contributed by atoms with Gasteiger partial charge >= 0.3 is 0 Å². The first-order chi connectivity index (χ1) is 8.54. The number of anilines is 1. The van der Waals surface area contributed by atoms with Crippen molar-refractivity contribution >= 4 is 27.5 Å². The van der Waals surface area contributed by atoms with Gasteiger partial charge in [-0.15, -0.1) is 0 Å². The SMILES string of the molecule is COCCNC(=O)CNc1cc(F)c(Br)cc1F. The summed E-state index contributed by atoms with van der Waals surface area (Å²) in [7, 11) is 1.52. The van der Waals surface area contributed by atoms with Gasteiger partial charge in [0, 0.05) is 19.7 Å². The van der Waals surface area contributed by atoms with Gasteiger partial charge in [0.1, 0.15) is 11.6 Å². The van der Waals surface area contributed by atoms with Crippen molar-refractivity contribution in [3.63, 3.8) is 0 Å². The van der Waals surface area contributed by atoms with E-state index in [0.29, 0.717) is 13.2 Å². The number of ether oxygens (including phenoxy) is 1. The molecule has 0 fully saturated rings. The van der Waals surface area contributed by atoms with E-state index in [2.05, 4.69) is 26.6 Å². The van der Waals surface area contributed by atoms with Gasteiger partial charge < -0.3 is 15.4 Å². The van der Waals surface area contributed by atoms with E-state index in [4.69, 9.17) is 4.74 Å². The molecule has 0 aliphatic heterocycles. The van der Waals surface area contributed by atoms with Crippen molar-refractivity contribution in [2.24, 2.45) is 0 Å². The summed E-state index contributed by atoms with van der Waals surface area (Å²) in [6.07, 6.45) is 0. The molecule has 1 amide bonds. The molecule has 0 aliphatic rings. The van der Waals surface area contributed by atoms with Gasteiger partial charge in [0.2, 0.25) is 5.91 Å². The average molecular weight is 323 g/mol. The lowest BCUT2D eigenvalue weighted by molar-refractivity contribution is -0.119. The number of hydrogen-bond donors (Lipinski definition) is 2. The van der Waals surface area contributed by atoms with Crippen LogP contribution in [-0.2, 0) is 9.53 Å². The Morgan fingerprint density at radius 3 is 2.78 bits per heavy atom. The van der Waals surface area contributed by atoms with Crippen LogP contribution >= 0.6 is 15.9 Å². The highest BCUT2D eigenvalue weighted by Crippen LogP contribution is 2.22. The van der Waals surface area contributed by atoms with E-state index in [1.165, 1.54) is 7.11 Å². The minimum Gasteiger partial charge on any atom is -0.383 e. The highest BCUT2D eigenvalue weighted by molar-refractivity contribution is 9.10. The molecule has 0 atom stereocenters. The van der Waals surface area contributed by atoms with Gasteiger partial charge in [-0.1, -0.05) is 0 Å². The third-order valence-corrected chi connectivity index (χ3v) is 2.69. The molecule has 0 spiro atoms. The molecule has 0 radical (unpaired) electrons. The first-order valence-electron chi connectivity index (χ1n) is 5.18. The third kappa shape index (κ3) is 4.58. The fourth-order valence-electron chi connectivity index (χ4n) is 1.19. The summed E-state index contributed by atoms with van der Waals surface area (Å²) >= 11 is 2.87. The number of methoxy groups -OCH3 is 1. The zero-order valence-electron chi connectivity index (χ0n) is 9.73. The Kier molecular flexibility index (Phi) is 6.00. The van der Waals surface area contributed by atoms with Gasteiger partial charge in [-0.25, -0.2) is 8.78 Å². The van der Waals surface area contributed by atoms with Gasteiger partial charge in [0.05, 0.1) is 23.3 Å². The first kappa shape index (κ1) is 14.8. The van der Waals surface area contributed by atoms with E-state index < -0.39 is 11.6 Å². The molecule has 7 heteroatoms. The Hall–Kier alpha value is -1.21. The van der Waals surface area contributed by atoms with Crippen molar-refractivity contribution in [2.75, 3.05) is 32.1 Å². The van der Waals surface area contributed by atoms with Crippen LogP contribution in [0.25, 0.3) is 0 Å². The summed E-state index contributed by atoms with van der Waals surface area (Å²) in [4.78, 5) is 11.3. The molecule has 2 N–H and O–H groups in total. The molecule has 0 bridgehead atoms. The summed E-state index contributed by atoms with van der Waals surface area (Å²) in [6.45, 7) is 0.628. The number of carbonyl (C=O) groups is 1. The second kappa shape index (κ2) is 7.27. The Bertz CT molecular complexity index is 430. The molecule has 1 rings (SSSR count). The van der Waals surface area contributed by atoms with Gasteiger partial charge in [-0.3, -0.25) is 4.79 Å². The van der Waals surface area contributed by atoms with Crippen LogP contribution in [0.15, 0.2) is 16.6 Å². The van der Waals surface area contributed by atoms with E-state index >= 15 is 0 Å². The van der Waals surface area contributed by atoms with Crippen LogP contribution in [0.2, 0.25) is 0 Å². The number of nitrogens with one attached hydrogen (secondary N) is 2. The molecular weight excluding hydrogens is 310 g/mol. The second-order valence-corrected chi connectivity index (χ2v) is 4.30. The molecule has 4 nitrogen and oxygen atoms in total. The number of halogens is 3. The van der Waals surface area contributed by atoms with Gasteiger partial charge in [0.25, 0.3) is 0 Å². The molecule has 0 unspecified atom stereocenters. The Balaban J connectivity index is 2.48. The minimum atomic E-state index is -0.632. The van der Waals surface area contributed by atoms with E-state index in [1.807, 2.05) is 0 Å². The number of rotatable bonds is 6. The molecule has 0 aromatic heterocycles. The van der Waals surface area contributed by atoms with E-state index in [9.17, 15) is 13.6 Å². The van der Waals surface area contributed by atoms with Crippen molar-refractivity contribution in [2.45, 2.75) is 0 Å². The van der Waals surface area contributed by atoms with Gasteiger partial charge in [-0.2, -0.15) is 0 Å². The maximum absolute atomic E-state index is 13.4.